The van der Waals surface area contributed by atoms with Gasteiger partial charge >= 0.3 is 6.03 Å². The van der Waals surface area contributed by atoms with Crippen LogP contribution in [0.5, 0.6) is 0 Å². The summed E-state index contributed by atoms with van der Waals surface area (Å²) in [6.07, 6.45) is 0. The third-order valence-corrected chi connectivity index (χ3v) is 2.58. The van der Waals surface area contributed by atoms with E-state index in [0.717, 1.165) is 16.8 Å². The number of amides is 3. The highest BCUT2D eigenvalue weighted by Crippen LogP contribution is 2.18. The summed E-state index contributed by atoms with van der Waals surface area (Å²) in [6.45, 7) is 7.67. The van der Waals surface area contributed by atoms with E-state index in [2.05, 4.69) is 16.0 Å². The quantitative estimate of drug-likeness (QED) is 0.777. The zero-order valence-corrected chi connectivity index (χ0v) is 11.8. The number of hydrogen-bond donors (Lipinski definition) is 3. The van der Waals surface area contributed by atoms with Crippen molar-refractivity contribution in [2.45, 2.75) is 33.7 Å². The number of urea groups is 1. The van der Waals surface area contributed by atoms with Gasteiger partial charge in [0, 0.05) is 11.7 Å². The smallest absolute Gasteiger partial charge is 0.321 e. The SMILES string of the molecule is Cc1cccc(C)c1NCC(=O)NC(=O)NC(C)C. The average Bonchev–Trinajstić information content (AvgIpc) is 2.26. The number of benzene rings is 1. The second kappa shape index (κ2) is 6.78. The standard InChI is InChI=1S/C14H21N3O2/c1-9(2)16-14(19)17-12(18)8-15-13-10(3)6-5-7-11(13)4/h5-7,9,15H,8H2,1-4H3,(H2,16,17,18,19). The van der Waals surface area contributed by atoms with E-state index in [1.807, 2.05) is 45.9 Å². The van der Waals surface area contributed by atoms with Gasteiger partial charge in [-0.2, -0.15) is 0 Å². The Morgan fingerprint density at radius 2 is 1.74 bits per heavy atom. The molecule has 5 nitrogen and oxygen atoms in total. The van der Waals surface area contributed by atoms with Crippen LogP contribution in [0, 0.1) is 13.8 Å². The van der Waals surface area contributed by atoms with E-state index in [9.17, 15) is 9.59 Å². The largest absolute Gasteiger partial charge is 0.376 e. The van der Waals surface area contributed by atoms with Crippen LogP contribution in [-0.4, -0.2) is 24.5 Å². The first kappa shape index (κ1) is 15.0. The fourth-order valence-corrected chi connectivity index (χ4v) is 1.73. The van der Waals surface area contributed by atoms with Crippen LogP contribution >= 0.6 is 0 Å². The first-order chi connectivity index (χ1) is 8.90. The summed E-state index contributed by atoms with van der Waals surface area (Å²) in [7, 11) is 0. The molecule has 0 bridgehead atoms. The normalized spacial score (nSPS) is 10.2. The zero-order chi connectivity index (χ0) is 14.4. The molecule has 1 aromatic rings. The molecule has 0 radical (unpaired) electrons. The van der Waals surface area contributed by atoms with Crippen molar-refractivity contribution in [2.75, 3.05) is 11.9 Å². The fourth-order valence-electron chi connectivity index (χ4n) is 1.73. The summed E-state index contributed by atoms with van der Waals surface area (Å²) >= 11 is 0. The zero-order valence-electron chi connectivity index (χ0n) is 11.8. The van der Waals surface area contributed by atoms with Crippen LogP contribution in [0.15, 0.2) is 18.2 Å². The lowest BCUT2D eigenvalue weighted by molar-refractivity contribution is -0.118. The number of para-hydroxylation sites is 1. The lowest BCUT2D eigenvalue weighted by atomic mass is 10.1. The van der Waals surface area contributed by atoms with E-state index in [4.69, 9.17) is 0 Å². The third kappa shape index (κ3) is 4.99. The first-order valence-corrected chi connectivity index (χ1v) is 6.30. The molecule has 0 aliphatic rings. The molecule has 1 aromatic carbocycles. The minimum absolute atomic E-state index is 0.000582. The van der Waals surface area contributed by atoms with Gasteiger partial charge in [-0.05, 0) is 38.8 Å². The van der Waals surface area contributed by atoms with E-state index in [1.165, 1.54) is 0 Å². The molecule has 0 saturated carbocycles. The minimum atomic E-state index is -0.469. The molecular weight excluding hydrogens is 242 g/mol. The van der Waals surface area contributed by atoms with Gasteiger partial charge in [-0.1, -0.05) is 18.2 Å². The van der Waals surface area contributed by atoms with Crippen molar-refractivity contribution >= 4 is 17.6 Å². The Labute approximate surface area is 113 Å². The number of carbonyl (C=O) groups is 2. The number of rotatable bonds is 4. The summed E-state index contributed by atoms with van der Waals surface area (Å²) in [5.41, 5.74) is 3.07. The number of carbonyl (C=O) groups excluding carboxylic acids is 2. The molecular formula is C14H21N3O2. The highest BCUT2D eigenvalue weighted by molar-refractivity contribution is 5.96. The molecule has 0 saturated heterocycles. The van der Waals surface area contributed by atoms with E-state index >= 15 is 0 Å². The maximum atomic E-state index is 11.6. The second-order valence-electron chi connectivity index (χ2n) is 4.80. The summed E-state index contributed by atoms with van der Waals surface area (Å²) in [4.78, 5) is 22.9. The van der Waals surface area contributed by atoms with Crippen molar-refractivity contribution < 1.29 is 9.59 Å². The highest BCUT2D eigenvalue weighted by Gasteiger charge is 2.09. The summed E-state index contributed by atoms with van der Waals surface area (Å²) in [5.74, 6) is -0.360. The van der Waals surface area contributed by atoms with Gasteiger partial charge in [0.05, 0.1) is 6.54 Å². The molecule has 19 heavy (non-hydrogen) atoms. The molecule has 3 amide bonds. The van der Waals surface area contributed by atoms with Gasteiger partial charge in [-0.3, -0.25) is 10.1 Å². The lowest BCUT2D eigenvalue weighted by Crippen LogP contribution is -2.44. The van der Waals surface area contributed by atoms with Crippen molar-refractivity contribution in [3.05, 3.63) is 29.3 Å². The Kier molecular flexibility index (Phi) is 5.36. The van der Waals surface area contributed by atoms with Crippen LogP contribution in [-0.2, 0) is 4.79 Å². The molecule has 0 aliphatic carbocycles. The maximum absolute atomic E-state index is 11.6. The maximum Gasteiger partial charge on any atom is 0.321 e. The summed E-state index contributed by atoms with van der Waals surface area (Å²) < 4.78 is 0. The van der Waals surface area contributed by atoms with Crippen LogP contribution in [0.1, 0.15) is 25.0 Å². The van der Waals surface area contributed by atoms with Crippen molar-refractivity contribution in [1.82, 2.24) is 10.6 Å². The van der Waals surface area contributed by atoms with Crippen molar-refractivity contribution in [1.29, 1.82) is 0 Å². The molecule has 3 N–H and O–H groups in total. The molecule has 0 heterocycles. The Morgan fingerprint density at radius 3 is 2.26 bits per heavy atom. The number of hydrogen-bond acceptors (Lipinski definition) is 3. The van der Waals surface area contributed by atoms with Gasteiger partial charge in [0.25, 0.3) is 0 Å². The van der Waals surface area contributed by atoms with E-state index in [0.29, 0.717) is 0 Å². The molecule has 0 aliphatic heterocycles. The first-order valence-electron chi connectivity index (χ1n) is 6.30. The van der Waals surface area contributed by atoms with Gasteiger partial charge in [0.2, 0.25) is 5.91 Å². The Bertz CT molecular complexity index is 450. The minimum Gasteiger partial charge on any atom is -0.376 e. The topological polar surface area (TPSA) is 70.2 Å². The molecule has 0 atom stereocenters. The van der Waals surface area contributed by atoms with Crippen LogP contribution in [0.25, 0.3) is 0 Å². The monoisotopic (exact) mass is 263 g/mol. The fraction of sp³-hybridized carbons (Fsp3) is 0.429. The van der Waals surface area contributed by atoms with Crippen LogP contribution in [0.2, 0.25) is 0 Å². The Balaban J connectivity index is 2.49. The van der Waals surface area contributed by atoms with Gasteiger partial charge in [0.15, 0.2) is 0 Å². The summed E-state index contributed by atoms with van der Waals surface area (Å²) in [6, 6.07) is 5.44. The van der Waals surface area contributed by atoms with Crippen molar-refractivity contribution in [3.63, 3.8) is 0 Å². The number of aryl methyl sites for hydroxylation is 2. The second-order valence-corrected chi connectivity index (χ2v) is 4.80. The lowest BCUT2D eigenvalue weighted by Gasteiger charge is -2.13. The average molecular weight is 263 g/mol. The van der Waals surface area contributed by atoms with E-state index in [1.54, 1.807) is 0 Å². The molecule has 104 valence electrons. The van der Waals surface area contributed by atoms with Gasteiger partial charge in [0.1, 0.15) is 0 Å². The van der Waals surface area contributed by atoms with Gasteiger partial charge in [-0.15, -0.1) is 0 Å². The number of imide groups is 1. The predicted octanol–water partition coefficient (Wildman–Crippen LogP) is 1.95. The Hall–Kier alpha value is -2.04. The molecule has 0 fully saturated rings. The van der Waals surface area contributed by atoms with E-state index in [-0.39, 0.29) is 18.5 Å². The van der Waals surface area contributed by atoms with Gasteiger partial charge < -0.3 is 10.6 Å². The van der Waals surface area contributed by atoms with Crippen LogP contribution in [0.3, 0.4) is 0 Å². The van der Waals surface area contributed by atoms with Crippen LogP contribution in [0.4, 0.5) is 10.5 Å². The molecule has 1 rings (SSSR count). The molecule has 0 aromatic heterocycles. The predicted molar refractivity (Wildman–Crippen MR) is 76.2 cm³/mol. The van der Waals surface area contributed by atoms with Gasteiger partial charge in [-0.25, -0.2) is 4.79 Å². The number of nitrogens with one attached hydrogen (secondary N) is 3. The van der Waals surface area contributed by atoms with E-state index < -0.39 is 6.03 Å². The van der Waals surface area contributed by atoms with Crippen LogP contribution < -0.4 is 16.0 Å². The third-order valence-electron chi connectivity index (χ3n) is 2.58. The van der Waals surface area contributed by atoms with Crippen molar-refractivity contribution in [2.24, 2.45) is 0 Å². The number of anilines is 1. The molecule has 0 unspecified atom stereocenters. The summed E-state index contributed by atoms with van der Waals surface area (Å²) in [5, 5.41) is 7.91. The molecule has 0 spiro atoms. The Morgan fingerprint density at radius 1 is 1.16 bits per heavy atom. The molecule has 5 heteroatoms. The van der Waals surface area contributed by atoms with Crippen molar-refractivity contribution in [3.8, 4) is 0 Å². The highest BCUT2D eigenvalue weighted by atomic mass is 16.2.